The minimum Gasteiger partial charge on any atom is -0.202 e. The molecule has 0 amide bonds. The Morgan fingerprint density at radius 3 is 2.50 bits per heavy atom. The molecule has 0 aliphatic heterocycles. The predicted octanol–water partition coefficient (Wildman–Crippen LogP) is 2.23. The Morgan fingerprint density at radius 1 is 1.20 bits per heavy atom. The molecule has 1 fully saturated rings. The maximum Gasteiger partial charge on any atom is 0.277 e. The van der Waals surface area contributed by atoms with Crippen LogP contribution in [0.4, 0.5) is 0 Å². The van der Waals surface area contributed by atoms with Crippen LogP contribution >= 0.6 is 0 Å². The van der Waals surface area contributed by atoms with E-state index in [1.807, 2.05) is 18.2 Å². The van der Waals surface area contributed by atoms with Crippen LogP contribution in [-0.4, -0.2) is 21.0 Å². The fraction of sp³-hybridized carbons (Fsp3) is 0.600. The SMILES string of the molecule is CC(CNS(=O)(=O)NC1CCCC1)Cc1ccccc1. The lowest BCUT2D eigenvalue weighted by atomic mass is 10.0. The van der Waals surface area contributed by atoms with Gasteiger partial charge in [-0.05, 0) is 30.7 Å². The molecule has 1 atom stereocenters. The smallest absolute Gasteiger partial charge is 0.202 e. The molecule has 2 N–H and O–H groups in total. The fourth-order valence-corrected chi connectivity index (χ4v) is 3.91. The van der Waals surface area contributed by atoms with Gasteiger partial charge in [0.1, 0.15) is 0 Å². The molecule has 0 radical (unpaired) electrons. The monoisotopic (exact) mass is 296 g/mol. The van der Waals surface area contributed by atoms with Gasteiger partial charge in [-0.1, -0.05) is 50.1 Å². The number of hydrogen-bond acceptors (Lipinski definition) is 2. The molecule has 5 heteroatoms. The standard InChI is InChI=1S/C15H24N2O2S/c1-13(11-14-7-3-2-4-8-14)12-16-20(18,19)17-15-9-5-6-10-15/h2-4,7-8,13,15-17H,5-6,9-12H2,1H3. The summed E-state index contributed by atoms with van der Waals surface area (Å²) >= 11 is 0. The first-order valence-electron chi connectivity index (χ1n) is 7.36. The zero-order valence-electron chi connectivity index (χ0n) is 12.0. The van der Waals surface area contributed by atoms with Crippen LogP contribution in [0.3, 0.4) is 0 Å². The van der Waals surface area contributed by atoms with Gasteiger partial charge in [0.15, 0.2) is 0 Å². The van der Waals surface area contributed by atoms with Gasteiger partial charge < -0.3 is 0 Å². The molecule has 2 rings (SSSR count). The molecule has 0 aromatic heterocycles. The molecule has 0 bridgehead atoms. The quantitative estimate of drug-likeness (QED) is 0.810. The van der Waals surface area contributed by atoms with Crippen molar-refractivity contribution in [2.24, 2.45) is 5.92 Å². The molecule has 1 aliphatic rings. The van der Waals surface area contributed by atoms with Gasteiger partial charge in [0, 0.05) is 12.6 Å². The normalized spacial score (nSPS) is 18.2. The zero-order valence-corrected chi connectivity index (χ0v) is 12.8. The first-order valence-corrected chi connectivity index (χ1v) is 8.84. The van der Waals surface area contributed by atoms with Crippen molar-refractivity contribution in [1.29, 1.82) is 0 Å². The minimum absolute atomic E-state index is 0.122. The van der Waals surface area contributed by atoms with Crippen LogP contribution in [0.5, 0.6) is 0 Å². The van der Waals surface area contributed by atoms with E-state index >= 15 is 0 Å². The van der Waals surface area contributed by atoms with E-state index in [2.05, 4.69) is 28.5 Å². The molecular formula is C15H24N2O2S. The Kier molecular flexibility index (Phi) is 5.57. The summed E-state index contributed by atoms with van der Waals surface area (Å²) in [5.41, 5.74) is 1.24. The summed E-state index contributed by atoms with van der Waals surface area (Å²) in [6, 6.07) is 10.3. The lowest BCUT2D eigenvalue weighted by molar-refractivity contribution is 0.513. The third-order valence-electron chi connectivity index (χ3n) is 3.73. The highest BCUT2D eigenvalue weighted by Crippen LogP contribution is 2.18. The topological polar surface area (TPSA) is 58.2 Å². The van der Waals surface area contributed by atoms with Gasteiger partial charge in [0.25, 0.3) is 10.2 Å². The zero-order chi connectivity index (χ0) is 14.4. The highest BCUT2D eigenvalue weighted by Gasteiger charge is 2.21. The van der Waals surface area contributed by atoms with Crippen LogP contribution in [0.15, 0.2) is 30.3 Å². The summed E-state index contributed by atoms with van der Waals surface area (Å²) in [6.07, 6.45) is 5.04. The molecule has 1 aliphatic carbocycles. The summed E-state index contributed by atoms with van der Waals surface area (Å²) in [4.78, 5) is 0. The largest absolute Gasteiger partial charge is 0.277 e. The van der Waals surface area contributed by atoms with E-state index < -0.39 is 10.2 Å². The van der Waals surface area contributed by atoms with E-state index in [-0.39, 0.29) is 12.0 Å². The van der Waals surface area contributed by atoms with Gasteiger partial charge >= 0.3 is 0 Å². The summed E-state index contributed by atoms with van der Waals surface area (Å²) in [5.74, 6) is 0.276. The molecule has 1 aromatic carbocycles. The van der Waals surface area contributed by atoms with Crippen molar-refractivity contribution in [3.8, 4) is 0 Å². The number of hydrogen-bond donors (Lipinski definition) is 2. The maximum absolute atomic E-state index is 11.9. The van der Waals surface area contributed by atoms with E-state index in [1.54, 1.807) is 0 Å². The fourth-order valence-electron chi connectivity index (χ4n) is 2.65. The third kappa shape index (κ3) is 5.23. The lowest BCUT2D eigenvalue weighted by Crippen LogP contribution is -2.43. The van der Waals surface area contributed by atoms with Crippen LogP contribution in [0.1, 0.15) is 38.2 Å². The number of benzene rings is 1. The Balaban J connectivity index is 1.75. The van der Waals surface area contributed by atoms with Crippen molar-refractivity contribution >= 4 is 10.2 Å². The summed E-state index contributed by atoms with van der Waals surface area (Å²) in [6.45, 7) is 2.53. The molecule has 1 saturated carbocycles. The predicted molar refractivity (Wildman–Crippen MR) is 81.6 cm³/mol. The van der Waals surface area contributed by atoms with E-state index in [0.717, 1.165) is 32.1 Å². The van der Waals surface area contributed by atoms with Crippen LogP contribution in [0.25, 0.3) is 0 Å². The summed E-state index contributed by atoms with van der Waals surface area (Å²) < 4.78 is 29.2. The van der Waals surface area contributed by atoms with Crippen molar-refractivity contribution in [2.45, 2.75) is 45.1 Å². The molecule has 0 heterocycles. The lowest BCUT2D eigenvalue weighted by Gasteiger charge is -2.16. The number of nitrogens with one attached hydrogen (secondary N) is 2. The Bertz CT molecular complexity index is 496. The first kappa shape index (κ1) is 15.5. The van der Waals surface area contributed by atoms with Gasteiger partial charge in [0.05, 0.1) is 0 Å². The molecule has 4 nitrogen and oxygen atoms in total. The van der Waals surface area contributed by atoms with Crippen molar-refractivity contribution in [3.05, 3.63) is 35.9 Å². The van der Waals surface area contributed by atoms with Gasteiger partial charge in [-0.15, -0.1) is 0 Å². The summed E-state index contributed by atoms with van der Waals surface area (Å²) in [7, 11) is -3.35. The van der Waals surface area contributed by atoms with Gasteiger partial charge in [-0.3, -0.25) is 0 Å². The summed E-state index contributed by atoms with van der Waals surface area (Å²) in [5, 5.41) is 0. The van der Waals surface area contributed by atoms with E-state index in [0.29, 0.717) is 6.54 Å². The van der Waals surface area contributed by atoms with Crippen molar-refractivity contribution in [1.82, 2.24) is 9.44 Å². The van der Waals surface area contributed by atoms with Crippen molar-refractivity contribution in [2.75, 3.05) is 6.54 Å². The van der Waals surface area contributed by atoms with Gasteiger partial charge in [0.2, 0.25) is 0 Å². The van der Waals surface area contributed by atoms with E-state index in [9.17, 15) is 8.42 Å². The first-order chi connectivity index (χ1) is 9.55. The van der Waals surface area contributed by atoms with E-state index in [4.69, 9.17) is 0 Å². The Hall–Kier alpha value is -0.910. The van der Waals surface area contributed by atoms with E-state index in [1.165, 1.54) is 5.56 Å². The molecule has 1 unspecified atom stereocenters. The van der Waals surface area contributed by atoms with Crippen LogP contribution in [-0.2, 0) is 16.6 Å². The second kappa shape index (κ2) is 7.20. The van der Waals surface area contributed by atoms with Crippen LogP contribution in [0.2, 0.25) is 0 Å². The average molecular weight is 296 g/mol. The van der Waals surface area contributed by atoms with Gasteiger partial charge in [-0.25, -0.2) is 4.72 Å². The highest BCUT2D eigenvalue weighted by atomic mass is 32.2. The van der Waals surface area contributed by atoms with Crippen molar-refractivity contribution < 1.29 is 8.42 Å². The minimum atomic E-state index is -3.35. The van der Waals surface area contributed by atoms with Gasteiger partial charge in [-0.2, -0.15) is 13.1 Å². The number of rotatable bonds is 7. The Morgan fingerprint density at radius 2 is 1.85 bits per heavy atom. The average Bonchev–Trinajstić information content (AvgIpc) is 2.90. The molecular weight excluding hydrogens is 272 g/mol. The molecule has 112 valence electrons. The Labute approximate surface area is 122 Å². The molecule has 0 spiro atoms. The maximum atomic E-state index is 11.9. The highest BCUT2D eigenvalue weighted by molar-refractivity contribution is 7.87. The second-order valence-electron chi connectivity index (χ2n) is 5.75. The van der Waals surface area contributed by atoms with Crippen LogP contribution < -0.4 is 9.44 Å². The second-order valence-corrected chi connectivity index (χ2v) is 7.28. The molecule has 0 saturated heterocycles. The molecule has 20 heavy (non-hydrogen) atoms. The third-order valence-corrected chi connectivity index (χ3v) is 4.92. The molecule has 1 aromatic rings. The van der Waals surface area contributed by atoms with Crippen LogP contribution in [0, 0.1) is 5.92 Å². The van der Waals surface area contributed by atoms with Crippen molar-refractivity contribution in [3.63, 3.8) is 0 Å².